The summed E-state index contributed by atoms with van der Waals surface area (Å²) in [6, 6.07) is 16.6. The molecule has 1 aliphatic heterocycles. The molecule has 4 heterocycles. The molecule has 2 atom stereocenters. The minimum atomic E-state index is -4.47. The monoisotopic (exact) mass is 507 g/mol. The molecule has 184 valence electrons. The maximum absolute atomic E-state index is 13.9. The molecule has 0 bridgehead atoms. The maximum atomic E-state index is 13.9. The zero-order valence-electron chi connectivity index (χ0n) is 19.7. The molecule has 1 saturated heterocycles. The summed E-state index contributed by atoms with van der Waals surface area (Å²) >= 11 is 5.75. The Balaban J connectivity index is 1.65. The van der Waals surface area contributed by atoms with Gasteiger partial charge in [-0.25, -0.2) is 0 Å². The molecule has 0 unspecified atom stereocenters. The van der Waals surface area contributed by atoms with Crippen LogP contribution >= 0.6 is 12.2 Å². The van der Waals surface area contributed by atoms with Crippen molar-refractivity contribution >= 4 is 17.3 Å². The Morgan fingerprint density at radius 3 is 2.47 bits per heavy atom. The quantitative estimate of drug-likeness (QED) is 0.332. The molecule has 0 radical (unpaired) electrons. The molecular formula is C27H24F3N5S. The average Bonchev–Trinajstić information content (AvgIpc) is 3.34. The minimum Gasteiger partial charge on any atom is -0.352 e. The molecule has 0 saturated carbocycles. The van der Waals surface area contributed by atoms with Gasteiger partial charge in [0.1, 0.15) is 0 Å². The van der Waals surface area contributed by atoms with Crippen LogP contribution in [0.2, 0.25) is 0 Å². The van der Waals surface area contributed by atoms with E-state index < -0.39 is 11.7 Å². The van der Waals surface area contributed by atoms with E-state index in [1.807, 2.05) is 50.2 Å². The van der Waals surface area contributed by atoms with Gasteiger partial charge >= 0.3 is 6.18 Å². The lowest BCUT2D eigenvalue weighted by molar-refractivity contribution is -0.137. The summed E-state index contributed by atoms with van der Waals surface area (Å²) in [6.07, 6.45) is 0.754. The van der Waals surface area contributed by atoms with Crippen molar-refractivity contribution in [2.45, 2.75) is 38.7 Å². The number of aryl methyl sites for hydroxylation is 1. The van der Waals surface area contributed by atoms with Gasteiger partial charge in [0.05, 0.1) is 29.0 Å². The highest BCUT2D eigenvalue weighted by Crippen LogP contribution is 2.43. The first-order valence-electron chi connectivity index (χ1n) is 11.5. The van der Waals surface area contributed by atoms with Gasteiger partial charge in [-0.3, -0.25) is 9.97 Å². The average molecular weight is 508 g/mol. The predicted octanol–water partition coefficient (Wildman–Crippen LogP) is 6.08. The van der Waals surface area contributed by atoms with Gasteiger partial charge in [0.25, 0.3) is 0 Å². The molecule has 1 fully saturated rings. The Morgan fingerprint density at radius 1 is 1.00 bits per heavy atom. The van der Waals surface area contributed by atoms with Crippen LogP contribution in [-0.2, 0) is 12.7 Å². The fraction of sp³-hybridized carbons (Fsp3) is 0.222. The molecule has 0 amide bonds. The van der Waals surface area contributed by atoms with Gasteiger partial charge in [-0.2, -0.15) is 13.2 Å². The van der Waals surface area contributed by atoms with Gasteiger partial charge in [-0.05, 0) is 73.6 Å². The van der Waals surface area contributed by atoms with Crippen molar-refractivity contribution in [1.82, 2.24) is 24.8 Å². The van der Waals surface area contributed by atoms with E-state index in [1.54, 1.807) is 29.2 Å². The fourth-order valence-corrected chi connectivity index (χ4v) is 5.27. The number of para-hydroxylation sites is 1. The van der Waals surface area contributed by atoms with E-state index in [1.165, 1.54) is 12.1 Å². The number of hydrogen-bond donors (Lipinski definition) is 1. The SMILES string of the molecule is Cc1cc([C@H]2[C@H](c3ccccn3)NC(=S)N2Cc2cccnc2)c(C)n1-c1ccccc1C(F)(F)F. The largest absolute Gasteiger partial charge is 0.418 e. The number of hydrogen-bond acceptors (Lipinski definition) is 3. The topological polar surface area (TPSA) is 46.0 Å². The number of alkyl halides is 3. The van der Waals surface area contributed by atoms with Crippen molar-refractivity contribution in [3.63, 3.8) is 0 Å². The van der Waals surface area contributed by atoms with Gasteiger partial charge in [0.15, 0.2) is 5.11 Å². The van der Waals surface area contributed by atoms with Crippen molar-refractivity contribution in [3.05, 3.63) is 113 Å². The summed E-state index contributed by atoms with van der Waals surface area (Å²) in [4.78, 5) is 10.8. The molecule has 9 heteroatoms. The number of benzene rings is 1. The number of aromatic nitrogens is 3. The van der Waals surface area contributed by atoms with E-state index in [4.69, 9.17) is 12.2 Å². The van der Waals surface area contributed by atoms with Crippen LogP contribution in [0.3, 0.4) is 0 Å². The second-order valence-electron chi connectivity index (χ2n) is 8.79. The van der Waals surface area contributed by atoms with E-state index >= 15 is 0 Å². The van der Waals surface area contributed by atoms with Crippen molar-refractivity contribution in [2.75, 3.05) is 0 Å². The van der Waals surface area contributed by atoms with E-state index in [0.29, 0.717) is 17.4 Å². The standard InChI is InChI=1S/C27H24F3N5S/c1-17-14-20(18(2)35(17)23-11-4-3-9-21(23)27(28,29)30)25-24(22-10-5-6-13-32-22)33-26(36)34(25)16-19-8-7-12-31-15-19/h3-15,24-25H,16H2,1-2H3,(H,33,36)/t24-,25-/m0/s1. The second-order valence-corrected chi connectivity index (χ2v) is 9.18. The summed E-state index contributed by atoms with van der Waals surface area (Å²) in [5.74, 6) is 0. The summed E-state index contributed by atoms with van der Waals surface area (Å²) in [7, 11) is 0. The maximum Gasteiger partial charge on any atom is 0.418 e. The van der Waals surface area contributed by atoms with Crippen molar-refractivity contribution in [1.29, 1.82) is 0 Å². The molecule has 4 aromatic rings. The lowest BCUT2D eigenvalue weighted by Crippen LogP contribution is -2.29. The van der Waals surface area contributed by atoms with Gasteiger partial charge in [-0.15, -0.1) is 0 Å². The third-order valence-corrected chi connectivity index (χ3v) is 6.87. The Kier molecular flexibility index (Phi) is 6.26. The van der Waals surface area contributed by atoms with Crippen molar-refractivity contribution < 1.29 is 13.2 Å². The van der Waals surface area contributed by atoms with Crippen LogP contribution in [-0.4, -0.2) is 24.5 Å². The fourth-order valence-electron chi connectivity index (χ4n) is 4.97. The molecule has 0 spiro atoms. The first kappa shape index (κ1) is 24.0. The van der Waals surface area contributed by atoms with Gasteiger partial charge in [-0.1, -0.05) is 24.3 Å². The van der Waals surface area contributed by atoms with E-state index in [9.17, 15) is 13.2 Å². The summed E-state index contributed by atoms with van der Waals surface area (Å²) in [5.41, 5.74) is 3.52. The van der Waals surface area contributed by atoms with Crippen LogP contribution in [0.15, 0.2) is 79.3 Å². The predicted molar refractivity (Wildman–Crippen MR) is 135 cm³/mol. The number of nitrogens with zero attached hydrogens (tertiary/aromatic N) is 4. The van der Waals surface area contributed by atoms with E-state index in [2.05, 4.69) is 20.2 Å². The zero-order valence-corrected chi connectivity index (χ0v) is 20.5. The molecule has 3 aromatic heterocycles. The zero-order chi connectivity index (χ0) is 25.4. The molecule has 1 aromatic carbocycles. The third-order valence-electron chi connectivity index (χ3n) is 6.51. The lowest BCUT2D eigenvalue weighted by Gasteiger charge is -2.28. The number of halogens is 3. The Hall–Kier alpha value is -3.72. The van der Waals surface area contributed by atoms with Crippen LogP contribution in [0.25, 0.3) is 5.69 Å². The molecule has 5 rings (SSSR count). The minimum absolute atomic E-state index is 0.105. The molecule has 1 aliphatic rings. The number of rotatable bonds is 5. The second kappa shape index (κ2) is 9.39. The molecule has 36 heavy (non-hydrogen) atoms. The van der Waals surface area contributed by atoms with Crippen LogP contribution in [0, 0.1) is 13.8 Å². The Bertz CT molecular complexity index is 1390. The number of nitrogens with one attached hydrogen (secondary N) is 1. The van der Waals surface area contributed by atoms with Gasteiger partial charge in [0.2, 0.25) is 0 Å². The third kappa shape index (κ3) is 4.35. The van der Waals surface area contributed by atoms with Crippen molar-refractivity contribution in [2.24, 2.45) is 0 Å². The van der Waals surface area contributed by atoms with Crippen molar-refractivity contribution in [3.8, 4) is 5.69 Å². The van der Waals surface area contributed by atoms with Crippen LogP contribution < -0.4 is 5.32 Å². The van der Waals surface area contributed by atoms with Gasteiger partial charge in [0, 0.05) is 36.5 Å². The van der Waals surface area contributed by atoms with Crippen LogP contribution in [0.1, 0.15) is 45.9 Å². The highest BCUT2D eigenvalue weighted by molar-refractivity contribution is 7.80. The van der Waals surface area contributed by atoms with E-state index in [-0.39, 0.29) is 17.8 Å². The Labute approximate surface area is 212 Å². The van der Waals surface area contributed by atoms with Crippen LogP contribution in [0.5, 0.6) is 0 Å². The van der Waals surface area contributed by atoms with Gasteiger partial charge < -0.3 is 14.8 Å². The van der Waals surface area contributed by atoms with E-state index in [0.717, 1.165) is 28.6 Å². The number of thiocarbonyl (C=S) groups is 1. The van der Waals surface area contributed by atoms with Crippen LogP contribution in [0.4, 0.5) is 13.2 Å². The highest BCUT2D eigenvalue weighted by atomic mass is 32.1. The first-order chi connectivity index (χ1) is 17.3. The number of pyridine rings is 2. The smallest absolute Gasteiger partial charge is 0.352 e. The normalized spacial score (nSPS) is 17.9. The highest BCUT2D eigenvalue weighted by Gasteiger charge is 2.42. The molecule has 0 aliphatic carbocycles. The molecule has 1 N–H and O–H groups in total. The summed E-state index contributed by atoms with van der Waals surface area (Å²) in [5, 5.41) is 3.96. The summed E-state index contributed by atoms with van der Waals surface area (Å²) in [6.45, 7) is 4.18. The molecule has 5 nitrogen and oxygen atoms in total. The summed E-state index contributed by atoms with van der Waals surface area (Å²) < 4.78 is 43.3. The molecular weight excluding hydrogens is 483 g/mol. The Morgan fingerprint density at radius 2 is 1.78 bits per heavy atom. The first-order valence-corrected chi connectivity index (χ1v) is 11.9. The lowest BCUT2D eigenvalue weighted by atomic mass is 9.96.